The summed E-state index contributed by atoms with van der Waals surface area (Å²) in [6, 6.07) is 0. The molecule has 0 aliphatic heterocycles. The van der Waals surface area contributed by atoms with E-state index < -0.39 is 0 Å². The minimum Gasteiger partial charge on any atom is -0.370 e. The number of aromatic nitrogens is 2. The minimum absolute atomic E-state index is 0.0833. The van der Waals surface area contributed by atoms with E-state index in [1.54, 1.807) is 0 Å². The second kappa shape index (κ2) is 5.00. The van der Waals surface area contributed by atoms with Crippen molar-refractivity contribution in [1.82, 2.24) is 9.97 Å². The largest absolute Gasteiger partial charge is 0.370 e. The monoisotopic (exact) mass is 241 g/mol. The van der Waals surface area contributed by atoms with Gasteiger partial charge in [-0.05, 0) is 13.3 Å². The molecule has 0 amide bonds. The smallest absolute Gasteiger partial charge is 0.137 e. The Kier molecular flexibility index (Phi) is 4.14. The first-order valence-corrected chi connectivity index (χ1v) is 6.02. The van der Waals surface area contributed by atoms with Crippen LogP contribution in [-0.4, -0.2) is 16.5 Å². The van der Waals surface area contributed by atoms with Crippen LogP contribution < -0.4 is 5.32 Å². The summed E-state index contributed by atoms with van der Waals surface area (Å²) in [6.45, 7) is 11.2. The number of hydrogen-bond acceptors (Lipinski definition) is 3. The molecular weight excluding hydrogens is 222 g/mol. The van der Waals surface area contributed by atoms with Gasteiger partial charge in [-0.1, -0.05) is 39.3 Å². The van der Waals surface area contributed by atoms with Gasteiger partial charge in [0.05, 0.1) is 0 Å². The van der Waals surface area contributed by atoms with Gasteiger partial charge in [0.1, 0.15) is 16.8 Å². The van der Waals surface area contributed by atoms with Crippen molar-refractivity contribution in [3.63, 3.8) is 0 Å². The van der Waals surface area contributed by atoms with Gasteiger partial charge in [0, 0.05) is 17.5 Å². The Bertz CT molecular complexity index is 369. The summed E-state index contributed by atoms with van der Waals surface area (Å²) in [5.41, 5.74) is 0.836. The number of hydrogen-bond donors (Lipinski definition) is 1. The van der Waals surface area contributed by atoms with E-state index in [-0.39, 0.29) is 5.41 Å². The molecule has 0 aromatic carbocycles. The molecule has 0 aliphatic rings. The fourth-order valence-electron chi connectivity index (χ4n) is 1.24. The first kappa shape index (κ1) is 13.2. The SMILES string of the molecule is CCCNc1nc(C(C)(C)C)nc(Cl)c1C. The van der Waals surface area contributed by atoms with Crippen molar-refractivity contribution in [1.29, 1.82) is 0 Å². The van der Waals surface area contributed by atoms with E-state index in [4.69, 9.17) is 11.6 Å². The molecule has 0 bridgehead atoms. The molecule has 0 unspecified atom stereocenters. The normalized spacial score (nSPS) is 11.6. The lowest BCUT2D eigenvalue weighted by molar-refractivity contribution is 0.545. The van der Waals surface area contributed by atoms with Gasteiger partial charge in [0.25, 0.3) is 0 Å². The van der Waals surface area contributed by atoms with Crippen LogP contribution >= 0.6 is 11.6 Å². The van der Waals surface area contributed by atoms with Crippen molar-refractivity contribution in [2.75, 3.05) is 11.9 Å². The van der Waals surface area contributed by atoms with Crippen molar-refractivity contribution in [3.05, 3.63) is 16.5 Å². The minimum atomic E-state index is -0.0833. The Morgan fingerprint density at radius 3 is 2.38 bits per heavy atom. The van der Waals surface area contributed by atoms with E-state index in [9.17, 15) is 0 Å². The maximum absolute atomic E-state index is 6.11. The third-order valence-electron chi connectivity index (χ3n) is 2.30. The number of nitrogens with one attached hydrogen (secondary N) is 1. The van der Waals surface area contributed by atoms with Gasteiger partial charge in [-0.2, -0.15) is 0 Å². The van der Waals surface area contributed by atoms with Gasteiger partial charge >= 0.3 is 0 Å². The van der Waals surface area contributed by atoms with E-state index in [0.29, 0.717) is 5.15 Å². The summed E-state index contributed by atoms with van der Waals surface area (Å²) in [5.74, 6) is 1.63. The van der Waals surface area contributed by atoms with Crippen LogP contribution in [0.25, 0.3) is 0 Å². The molecular formula is C12H20ClN3. The molecule has 0 spiro atoms. The molecule has 0 atom stereocenters. The molecule has 4 heteroatoms. The van der Waals surface area contributed by atoms with Gasteiger partial charge in [0.15, 0.2) is 0 Å². The molecule has 0 saturated heterocycles. The third-order valence-corrected chi connectivity index (χ3v) is 2.67. The van der Waals surface area contributed by atoms with Crippen LogP contribution in [0.2, 0.25) is 5.15 Å². The van der Waals surface area contributed by atoms with Crippen molar-refractivity contribution in [2.45, 2.75) is 46.5 Å². The van der Waals surface area contributed by atoms with Gasteiger partial charge in [0.2, 0.25) is 0 Å². The lowest BCUT2D eigenvalue weighted by atomic mass is 9.95. The predicted molar refractivity (Wildman–Crippen MR) is 69.3 cm³/mol. The fourth-order valence-corrected chi connectivity index (χ4v) is 1.41. The summed E-state index contributed by atoms with van der Waals surface area (Å²) in [6.07, 6.45) is 1.06. The molecule has 1 aromatic heterocycles. The molecule has 1 rings (SSSR count). The van der Waals surface area contributed by atoms with E-state index in [1.807, 2.05) is 6.92 Å². The maximum Gasteiger partial charge on any atom is 0.137 e. The first-order valence-electron chi connectivity index (χ1n) is 5.64. The lowest BCUT2D eigenvalue weighted by Crippen LogP contribution is -2.18. The Morgan fingerprint density at radius 1 is 1.25 bits per heavy atom. The third kappa shape index (κ3) is 3.08. The molecule has 0 saturated carbocycles. The maximum atomic E-state index is 6.11. The summed E-state index contributed by atoms with van der Waals surface area (Å²) in [7, 11) is 0. The molecule has 0 fully saturated rings. The predicted octanol–water partition coefficient (Wildman–Crippen LogP) is 3.56. The summed E-state index contributed by atoms with van der Waals surface area (Å²) in [4.78, 5) is 8.86. The highest BCUT2D eigenvalue weighted by Crippen LogP contribution is 2.25. The van der Waals surface area contributed by atoms with E-state index in [2.05, 4.69) is 43.0 Å². The van der Waals surface area contributed by atoms with Crippen LogP contribution in [-0.2, 0) is 5.41 Å². The topological polar surface area (TPSA) is 37.8 Å². The Hall–Kier alpha value is -0.830. The molecule has 1 heterocycles. The van der Waals surface area contributed by atoms with Crippen molar-refractivity contribution < 1.29 is 0 Å². The van der Waals surface area contributed by atoms with E-state index in [1.165, 1.54) is 0 Å². The van der Waals surface area contributed by atoms with Crippen LogP contribution in [0.4, 0.5) is 5.82 Å². The Balaban J connectivity index is 3.12. The molecule has 16 heavy (non-hydrogen) atoms. The molecule has 1 N–H and O–H groups in total. The quantitative estimate of drug-likeness (QED) is 0.823. The number of nitrogens with zero attached hydrogens (tertiary/aromatic N) is 2. The highest BCUT2D eigenvalue weighted by atomic mass is 35.5. The Morgan fingerprint density at radius 2 is 1.88 bits per heavy atom. The van der Waals surface area contributed by atoms with Crippen LogP contribution in [0.3, 0.4) is 0 Å². The molecule has 1 aromatic rings. The van der Waals surface area contributed by atoms with Crippen LogP contribution in [0.15, 0.2) is 0 Å². The molecule has 0 aliphatic carbocycles. The zero-order valence-electron chi connectivity index (χ0n) is 10.7. The zero-order chi connectivity index (χ0) is 12.3. The average Bonchev–Trinajstić information content (AvgIpc) is 2.18. The summed E-state index contributed by atoms with van der Waals surface area (Å²) >= 11 is 6.11. The van der Waals surface area contributed by atoms with Crippen LogP contribution in [0.5, 0.6) is 0 Å². The van der Waals surface area contributed by atoms with Gasteiger partial charge in [-0.15, -0.1) is 0 Å². The van der Waals surface area contributed by atoms with Gasteiger partial charge in [-0.25, -0.2) is 9.97 Å². The zero-order valence-corrected chi connectivity index (χ0v) is 11.4. The van der Waals surface area contributed by atoms with Crippen molar-refractivity contribution in [2.24, 2.45) is 0 Å². The standard InChI is InChI=1S/C12H20ClN3/c1-6-7-14-10-8(2)9(13)15-11(16-10)12(3,4)5/h6-7H2,1-5H3,(H,14,15,16). The highest BCUT2D eigenvalue weighted by Gasteiger charge is 2.20. The number of rotatable bonds is 3. The van der Waals surface area contributed by atoms with E-state index >= 15 is 0 Å². The van der Waals surface area contributed by atoms with Crippen LogP contribution in [0.1, 0.15) is 45.5 Å². The fraction of sp³-hybridized carbons (Fsp3) is 0.667. The summed E-state index contributed by atoms with van der Waals surface area (Å²) in [5, 5.41) is 3.82. The molecule has 3 nitrogen and oxygen atoms in total. The highest BCUT2D eigenvalue weighted by molar-refractivity contribution is 6.30. The Labute approximate surface area is 103 Å². The van der Waals surface area contributed by atoms with Crippen molar-refractivity contribution >= 4 is 17.4 Å². The summed E-state index contributed by atoms with van der Waals surface area (Å²) < 4.78 is 0. The second-order valence-electron chi connectivity index (χ2n) is 4.99. The van der Waals surface area contributed by atoms with Gasteiger partial charge in [-0.3, -0.25) is 0 Å². The van der Waals surface area contributed by atoms with Crippen LogP contribution in [0, 0.1) is 6.92 Å². The second-order valence-corrected chi connectivity index (χ2v) is 5.35. The average molecular weight is 242 g/mol. The lowest BCUT2D eigenvalue weighted by Gasteiger charge is -2.19. The van der Waals surface area contributed by atoms with Crippen molar-refractivity contribution in [3.8, 4) is 0 Å². The van der Waals surface area contributed by atoms with E-state index in [0.717, 1.165) is 30.2 Å². The number of halogens is 1. The first-order chi connectivity index (χ1) is 7.36. The molecule has 90 valence electrons. The van der Waals surface area contributed by atoms with Gasteiger partial charge < -0.3 is 5.32 Å². The molecule has 0 radical (unpaired) electrons. The number of anilines is 1.